The summed E-state index contributed by atoms with van der Waals surface area (Å²) in [6.07, 6.45) is 8.06. The number of nitrogens with zero attached hydrogens (tertiary/aromatic N) is 4. The molecule has 7 heteroatoms. The van der Waals surface area contributed by atoms with Crippen molar-refractivity contribution >= 4 is 35.8 Å². The molecule has 6 nitrogen and oxygen atoms in total. The lowest BCUT2D eigenvalue weighted by Gasteiger charge is -2.38. The molecule has 0 bridgehead atoms. The normalized spacial score (nSPS) is 21.6. The lowest BCUT2D eigenvalue weighted by atomic mass is 9.97. The Hall–Kier alpha value is -1.87. The highest BCUT2D eigenvalue weighted by atomic mass is 127. The largest absolute Gasteiger partial charge is 0.357 e. The van der Waals surface area contributed by atoms with E-state index in [0.29, 0.717) is 18.6 Å². The predicted octanol–water partition coefficient (Wildman–Crippen LogP) is 4.80. The minimum atomic E-state index is 0. The monoisotopic (exact) mass is 576 g/mol. The van der Waals surface area contributed by atoms with Crippen LogP contribution >= 0.6 is 24.0 Å². The number of rotatable bonds is 7. The number of likely N-dealkylation sites (tertiary alicyclic amines) is 1. The molecule has 0 saturated carbocycles. The second-order valence-corrected chi connectivity index (χ2v) is 9.44. The Morgan fingerprint density at radius 3 is 2.59 bits per heavy atom. The van der Waals surface area contributed by atoms with E-state index < -0.39 is 0 Å². The van der Waals surface area contributed by atoms with Crippen molar-refractivity contribution in [3.8, 4) is 0 Å². The number of hydrogen-bond acceptors (Lipinski definition) is 4. The van der Waals surface area contributed by atoms with Crippen molar-refractivity contribution in [1.29, 1.82) is 0 Å². The third kappa shape index (κ3) is 7.83. The average Bonchev–Trinajstić information content (AvgIpc) is 2.86. The molecule has 2 unspecified atom stereocenters. The van der Waals surface area contributed by atoms with Crippen LogP contribution in [0.5, 0.6) is 0 Å². The molecule has 4 rings (SSSR count). The van der Waals surface area contributed by atoms with E-state index in [1.807, 2.05) is 6.20 Å². The summed E-state index contributed by atoms with van der Waals surface area (Å²) >= 11 is 0. The van der Waals surface area contributed by atoms with E-state index in [2.05, 4.69) is 81.7 Å². The van der Waals surface area contributed by atoms with Gasteiger partial charge in [0.2, 0.25) is 0 Å². The number of hydrogen-bond donors (Lipinski definition) is 2. The summed E-state index contributed by atoms with van der Waals surface area (Å²) in [5, 5.41) is 7.15. The molecular formula is C27H41IN6. The van der Waals surface area contributed by atoms with Crippen LogP contribution in [-0.4, -0.2) is 54.1 Å². The van der Waals surface area contributed by atoms with Crippen LogP contribution in [0.25, 0.3) is 0 Å². The summed E-state index contributed by atoms with van der Waals surface area (Å²) in [6, 6.07) is 16.1. The standard InChI is InChI=1S/C27H40N6.HI/c1-3-28-27(30-20-24-12-14-29-26(19-24)32-15-8-5-9-16-32)31-25-13-17-33(22(2)18-25)21-23-10-6-4-7-11-23;/h4,6-7,10-12,14,19,22,25H,3,5,8-9,13,15-18,20-21H2,1-2H3,(H2,28,30,31);1H. The van der Waals surface area contributed by atoms with E-state index in [0.717, 1.165) is 57.3 Å². The molecule has 0 spiro atoms. The zero-order chi connectivity index (χ0) is 22.9. The molecule has 34 heavy (non-hydrogen) atoms. The van der Waals surface area contributed by atoms with Crippen LogP contribution in [0, 0.1) is 0 Å². The molecule has 2 aliphatic heterocycles. The highest BCUT2D eigenvalue weighted by Crippen LogP contribution is 2.21. The average molecular weight is 577 g/mol. The van der Waals surface area contributed by atoms with Gasteiger partial charge in [-0.25, -0.2) is 9.98 Å². The van der Waals surface area contributed by atoms with Gasteiger partial charge in [-0.1, -0.05) is 30.3 Å². The molecule has 2 aromatic rings. The number of piperidine rings is 2. The van der Waals surface area contributed by atoms with Gasteiger partial charge in [0.1, 0.15) is 5.82 Å². The second kappa shape index (κ2) is 13.9. The van der Waals surface area contributed by atoms with Crippen molar-refractivity contribution in [3.05, 3.63) is 59.8 Å². The summed E-state index contributed by atoms with van der Waals surface area (Å²) in [5.74, 6) is 2.02. The van der Waals surface area contributed by atoms with Gasteiger partial charge in [0.05, 0.1) is 6.54 Å². The fraction of sp³-hybridized carbons (Fsp3) is 0.556. The number of aliphatic imine (C=N–C) groups is 1. The Balaban J connectivity index is 0.00000324. The second-order valence-electron chi connectivity index (χ2n) is 9.44. The summed E-state index contributed by atoms with van der Waals surface area (Å²) in [4.78, 5) is 14.5. The SMILES string of the molecule is CCNC(=NCc1ccnc(N2CCCCC2)c1)NC1CCN(Cc2ccccc2)C(C)C1.I. The van der Waals surface area contributed by atoms with E-state index in [-0.39, 0.29) is 24.0 Å². The van der Waals surface area contributed by atoms with Crippen molar-refractivity contribution in [3.63, 3.8) is 0 Å². The minimum absolute atomic E-state index is 0. The lowest BCUT2D eigenvalue weighted by molar-refractivity contribution is 0.134. The van der Waals surface area contributed by atoms with Gasteiger partial charge in [0.25, 0.3) is 0 Å². The van der Waals surface area contributed by atoms with Crippen LogP contribution in [0.4, 0.5) is 5.82 Å². The summed E-state index contributed by atoms with van der Waals surface area (Å²) in [7, 11) is 0. The van der Waals surface area contributed by atoms with Gasteiger partial charge in [-0.15, -0.1) is 24.0 Å². The van der Waals surface area contributed by atoms with Crippen molar-refractivity contribution < 1.29 is 0 Å². The molecule has 0 aliphatic carbocycles. The first kappa shape index (κ1) is 26.7. The first-order valence-electron chi connectivity index (χ1n) is 12.7. The summed E-state index contributed by atoms with van der Waals surface area (Å²) in [5.41, 5.74) is 2.61. The number of pyridine rings is 1. The van der Waals surface area contributed by atoms with Crippen molar-refractivity contribution in [2.75, 3.05) is 31.1 Å². The predicted molar refractivity (Wildman–Crippen MR) is 153 cm³/mol. The van der Waals surface area contributed by atoms with Gasteiger partial charge in [0, 0.05) is 51.0 Å². The molecule has 0 amide bonds. The van der Waals surface area contributed by atoms with Gasteiger partial charge in [-0.2, -0.15) is 0 Å². The van der Waals surface area contributed by atoms with Gasteiger partial charge >= 0.3 is 0 Å². The maximum absolute atomic E-state index is 4.91. The Morgan fingerprint density at radius 1 is 1.06 bits per heavy atom. The van der Waals surface area contributed by atoms with Crippen LogP contribution < -0.4 is 15.5 Å². The van der Waals surface area contributed by atoms with Crippen molar-refractivity contribution in [2.45, 2.75) is 71.1 Å². The fourth-order valence-electron chi connectivity index (χ4n) is 4.94. The Labute approximate surface area is 222 Å². The smallest absolute Gasteiger partial charge is 0.191 e. The zero-order valence-electron chi connectivity index (χ0n) is 20.7. The zero-order valence-corrected chi connectivity index (χ0v) is 23.1. The van der Waals surface area contributed by atoms with Crippen LogP contribution in [-0.2, 0) is 13.1 Å². The quantitative estimate of drug-likeness (QED) is 0.282. The molecule has 2 atom stereocenters. The number of anilines is 1. The molecule has 3 heterocycles. The third-order valence-corrected chi connectivity index (χ3v) is 6.84. The first-order chi connectivity index (χ1) is 16.2. The molecule has 2 saturated heterocycles. The van der Waals surface area contributed by atoms with E-state index in [9.17, 15) is 0 Å². The summed E-state index contributed by atoms with van der Waals surface area (Å²) < 4.78 is 0. The molecule has 186 valence electrons. The molecule has 1 aromatic carbocycles. The molecule has 2 N–H and O–H groups in total. The van der Waals surface area contributed by atoms with Crippen molar-refractivity contribution in [2.24, 2.45) is 4.99 Å². The van der Waals surface area contributed by atoms with Gasteiger partial charge in [-0.05, 0) is 69.2 Å². The molecule has 0 radical (unpaired) electrons. The van der Waals surface area contributed by atoms with Crippen LogP contribution in [0.3, 0.4) is 0 Å². The lowest BCUT2D eigenvalue weighted by Crippen LogP contribution is -2.51. The number of benzene rings is 1. The fourth-order valence-corrected chi connectivity index (χ4v) is 4.94. The Kier molecular flexibility index (Phi) is 10.9. The maximum atomic E-state index is 4.91. The number of guanidine groups is 1. The van der Waals surface area contributed by atoms with E-state index in [4.69, 9.17) is 4.99 Å². The highest BCUT2D eigenvalue weighted by Gasteiger charge is 2.26. The Bertz CT molecular complexity index is 884. The molecule has 2 aliphatic rings. The van der Waals surface area contributed by atoms with E-state index >= 15 is 0 Å². The van der Waals surface area contributed by atoms with Gasteiger partial charge < -0.3 is 15.5 Å². The molecular weight excluding hydrogens is 535 g/mol. The Morgan fingerprint density at radius 2 is 1.85 bits per heavy atom. The number of aromatic nitrogens is 1. The molecule has 1 aromatic heterocycles. The van der Waals surface area contributed by atoms with Gasteiger partial charge in [-0.3, -0.25) is 4.90 Å². The minimum Gasteiger partial charge on any atom is -0.357 e. The van der Waals surface area contributed by atoms with Crippen LogP contribution in [0.1, 0.15) is 57.1 Å². The molecule has 2 fully saturated rings. The van der Waals surface area contributed by atoms with Crippen LogP contribution in [0.15, 0.2) is 53.7 Å². The maximum Gasteiger partial charge on any atom is 0.191 e. The number of halogens is 1. The van der Waals surface area contributed by atoms with Gasteiger partial charge in [0.15, 0.2) is 5.96 Å². The van der Waals surface area contributed by atoms with Crippen LogP contribution in [0.2, 0.25) is 0 Å². The topological polar surface area (TPSA) is 55.8 Å². The van der Waals surface area contributed by atoms with Crippen molar-refractivity contribution in [1.82, 2.24) is 20.5 Å². The van der Waals surface area contributed by atoms with E-state index in [1.54, 1.807) is 0 Å². The third-order valence-electron chi connectivity index (χ3n) is 6.84. The number of nitrogens with one attached hydrogen (secondary N) is 2. The summed E-state index contributed by atoms with van der Waals surface area (Å²) in [6.45, 7) is 10.4. The highest BCUT2D eigenvalue weighted by molar-refractivity contribution is 14.0. The first-order valence-corrected chi connectivity index (χ1v) is 12.7. The van der Waals surface area contributed by atoms with E-state index in [1.165, 1.54) is 30.4 Å².